The zero-order valence-corrected chi connectivity index (χ0v) is 16.5. The number of benzene rings is 1. The molecule has 1 fully saturated rings. The fraction of sp³-hybridized carbons (Fsp3) is 0.450. The lowest BCUT2D eigenvalue weighted by Crippen LogP contribution is -2.28. The molecule has 1 amide bonds. The van der Waals surface area contributed by atoms with Crippen molar-refractivity contribution in [3.05, 3.63) is 46.5 Å². The minimum atomic E-state index is -0.415. The predicted octanol–water partition coefficient (Wildman–Crippen LogP) is 3.97. The largest absolute Gasteiger partial charge is 0.462 e. The van der Waals surface area contributed by atoms with E-state index < -0.39 is 5.91 Å². The maximum atomic E-state index is 13.1. The molecule has 2 aromatic rings. The van der Waals surface area contributed by atoms with Gasteiger partial charge in [0, 0.05) is 6.54 Å². The number of carbonyl (C=O) groups excluding carboxylic acids is 2. The molecule has 1 aliphatic carbocycles. The number of rotatable bonds is 6. The number of aryl methyl sites for hydroxylation is 1. The summed E-state index contributed by atoms with van der Waals surface area (Å²) in [5.74, 6) is -1.10. The topological polar surface area (TPSA) is 73.2 Å². The van der Waals surface area contributed by atoms with Gasteiger partial charge in [0.15, 0.2) is 0 Å². The molecule has 0 atom stereocenters. The smallest absolute Gasteiger partial charge is 0.307 e. The Morgan fingerprint density at radius 3 is 2.61 bits per heavy atom. The van der Waals surface area contributed by atoms with Crippen LogP contribution in [0.5, 0.6) is 0 Å². The molecule has 3 rings (SSSR count). The van der Waals surface area contributed by atoms with E-state index in [1.165, 1.54) is 35.4 Å². The predicted molar refractivity (Wildman–Crippen MR) is 103 cm³/mol. The molecule has 1 heterocycles. The summed E-state index contributed by atoms with van der Waals surface area (Å²) < 4.78 is 19.9. The first-order chi connectivity index (χ1) is 13.5. The zero-order valence-electron chi connectivity index (χ0n) is 15.7. The second-order valence-electron chi connectivity index (χ2n) is 6.90. The minimum absolute atomic E-state index is 0.00239. The Labute approximate surface area is 168 Å². The molecule has 0 aliphatic heterocycles. The second-order valence-corrected chi connectivity index (χ2v) is 7.25. The van der Waals surface area contributed by atoms with E-state index in [1.807, 2.05) is 0 Å². The van der Waals surface area contributed by atoms with E-state index in [0.717, 1.165) is 25.7 Å². The third-order valence-corrected chi connectivity index (χ3v) is 5.12. The number of halogens is 2. The van der Waals surface area contributed by atoms with Crippen LogP contribution in [0.15, 0.2) is 24.3 Å². The molecule has 6 nitrogen and oxygen atoms in total. The molecule has 0 spiro atoms. The van der Waals surface area contributed by atoms with Crippen molar-refractivity contribution in [2.45, 2.75) is 51.6 Å². The van der Waals surface area contributed by atoms with Crippen molar-refractivity contribution in [1.29, 1.82) is 0 Å². The normalized spacial score (nSPS) is 14.7. The van der Waals surface area contributed by atoms with Crippen LogP contribution in [0.3, 0.4) is 0 Å². The lowest BCUT2D eigenvalue weighted by molar-refractivity contribution is -0.150. The lowest BCUT2D eigenvalue weighted by atomic mass is 9.98. The Morgan fingerprint density at radius 2 is 1.93 bits per heavy atom. The number of aromatic nitrogens is 2. The van der Waals surface area contributed by atoms with Gasteiger partial charge in [-0.05, 0) is 56.9 Å². The summed E-state index contributed by atoms with van der Waals surface area (Å²) in [7, 11) is 0. The highest BCUT2D eigenvalue weighted by Gasteiger charge is 2.22. The summed E-state index contributed by atoms with van der Waals surface area (Å²) in [6.45, 7) is 1.82. The van der Waals surface area contributed by atoms with E-state index in [9.17, 15) is 14.0 Å². The first-order valence-electron chi connectivity index (χ1n) is 9.44. The molecule has 0 bridgehead atoms. The van der Waals surface area contributed by atoms with E-state index >= 15 is 0 Å². The molecule has 1 aromatic carbocycles. The molecule has 1 saturated carbocycles. The third kappa shape index (κ3) is 4.90. The van der Waals surface area contributed by atoms with Crippen molar-refractivity contribution in [2.24, 2.45) is 0 Å². The average molecular weight is 408 g/mol. The van der Waals surface area contributed by atoms with Crippen LogP contribution in [0.4, 0.5) is 4.39 Å². The van der Waals surface area contributed by atoms with E-state index in [4.69, 9.17) is 16.3 Å². The Bertz CT molecular complexity index is 845. The quantitative estimate of drug-likeness (QED) is 0.735. The van der Waals surface area contributed by atoms with E-state index in [0.29, 0.717) is 11.4 Å². The minimum Gasteiger partial charge on any atom is -0.462 e. The molecule has 28 heavy (non-hydrogen) atoms. The van der Waals surface area contributed by atoms with Crippen LogP contribution >= 0.6 is 11.6 Å². The lowest BCUT2D eigenvalue weighted by Gasteiger charge is -2.21. The summed E-state index contributed by atoms with van der Waals surface area (Å²) >= 11 is 6.32. The van der Waals surface area contributed by atoms with Gasteiger partial charge >= 0.3 is 5.97 Å². The van der Waals surface area contributed by atoms with Crippen LogP contribution in [0, 0.1) is 12.7 Å². The Hall–Kier alpha value is -2.41. The van der Waals surface area contributed by atoms with Gasteiger partial charge in [-0.25, -0.2) is 9.07 Å². The number of esters is 1. The number of carbonyl (C=O) groups is 2. The van der Waals surface area contributed by atoms with Crippen molar-refractivity contribution in [3.8, 4) is 5.69 Å². The molecule has 0 unspecified atom stereocenters. The van der Waals surface area contributed by atoms with Crippen LogP contribution in [-0.4, -0.2) is 34.3 Å². The van der Waals surface area contributed by atoms with Gasteiger partial charge in [0.2, 0.25) is 0 Å². The first-order valence-corrected chi connectivity index (χ1v) is 9.82. The fourth-order valence-corrected chi connectivity index (χ4v) is 3.66. The maximum Gasteiger partial charge on any atom is 0.307 e. The first kappa shape index (κ1) is 20.3. The maximum absolute atomic E-state index is 13.1. The standard InChI is InChI=1S/C20H23ClFN3O3/c1-13-18(19(21)25(24-13)15-9-7-14(22)8-10-15)20(27)23-12-11-17(26)28-16-5-3-2-4-6-16/h7-10,16H,2-6,11-12H2,1H3,(H,23,27). The van der Waals surface area contributed by atoms with E-state index in [2.05, 4.69) is 10.4 Å². The summed E-state index contributed by atoms with van der Waals surface area (Å²) in [6.07, 6.45) is 5.29. The van der Waals surface area contributed by atoms with Crippen molar-refractivity contribution >= 4 is 23.5 Å². The molecule has 1 aliphatic rings. The third-order valence-electron chi connectivity index (χ3n) is 4.77. The van der Waals surface area contributed by atoms with Crippen molar-refractivity contribution < 1.29 is 18.7 Å². The van der Waals surface area contributed by atoms with Gasteiger partial charge in [0.05, 0.1) is 23.4 Å². The summed E-state index contributed by atoms with van der Waals surface area (Å²) in [5, 5.41) is 7.08. The highest BCUT2D eigenvalue weighted by atomic mass is 35.5. The van der Waals surface area contributed by atoms with Crippen molar-refractivity contribution in [3.63, 3.8) is 0 Å². The highest BCUT2D eigenvalue weighted by Crippen LogP contribution is 2.24. The zero-order chi connectivity index (χ0) is 20.1. The molecular formula is C20H23ClFN3O3. The second kappa shape index (κ2) is 9.19. The summed E-state index contributed by atoms with van der Waals surface area (Å²) in [5.41, 5.74) is 1.22. The van der Waals surface area contributed by atoms with E-state index in [-0.39, 0.29) is 41.6 Å². The van der Waals surface area contributed by atoms with Crippen LogP contribution < -0.4 is 5.32 Å². The van der Waals surface area contributed by atoms with Gasteiger partial charge in [-0.3, -0.25) is 9.59 Å². The molecule has 150 valence electrons. The van der Waals surface area contributed by atoms with Crippen LogP contribution in [0.1, 0.15) is 54.6 Å². The van der Waals surface area contributed by atoms with Gasteiger partial charge in [-0.15, -0.1) is 0 Å². The average Bonchev–Trinajstić information content (AvgIpc) is 2.97. The molecule has 1 N–H and O–H groups in total. The molecule has 0 saturated heterocycles. The Morgan fingerprint density at radius 1 is 1.25 bits per heavy atom. The number of nitrogens with one attached hydrogen (secondary N) is 1. The fourth-order valence-electron chi connectivity index (χ4n) is 3.30. The summed E-state index contributed by atoms with van der Waals surface area (Å²) in [4.78, 5) is 24.4. The molecule has 1 aromatic heterocycles. The Balaban J connectivity index is 1.57. The van der Waals surface area contributed by atoms with Crippen molar-refractivity contribution in [2.75, 3.05) is 6.54 Å². The number of amides is 1. The SMILES string of the molecule is Cc1nn(-c2ccc(F)cc2)c(Cl)c1C(=O)NCCC(=O)OC1CCCCC1. The van der Waals surface area contributed by atoms with Crippen LogP contribution in [0.25, 0.3) is 5.69 Å². The van der Waals surface area contributed by atoms with Gasteiger partial charge in [0.25, 0.3) is 5.91 Å². The van der Waals surface area contributed by atoms with Gasteiger partial charge < -0.3 is 10.1 Å². The van der Waals surface area contributed by atoms with Gasteiger partial charge in [0.1, 0.15) is 17.1 Å². The Kier molecular flexibility index (Phi) is 6.67. The molecule has 0 radical (unpaired) electrons. The number of hydrogen-bond acceptors (Lipinski definition) is 4. The number of nitrogens with zero attached hydrogens (tertiary/aromatic N) is 2. The number of hydrogen-bond donors (Lipinski definition) is 1. The van der Waals surface area contributed by atoms with Gasteiger partial charge in [-0.1, -0.05) is 18.0 Å². The van der Waals surface area contributed by atoms with Crippen LogP contribution in [0.2, 0.25) is 5.15 Å². The van der Waals surface area contributed by atoms with Crippen molar-refractivity contribution in [1.82, 2.24) is 15.1 Å². The van der Waals surface area contributed by atoms with E-state index in [1.54, 1.807) is 6.92 Å². The van der Waals surface area contributed by atoms with Gasteiger partial charge in [-0.2, -0.15) is 5.10 Å². The monoisotopic (exact) mass is 407 g/mol. The highest BCUT2D eigenvalue weighted by molar-refractivity contribution is 6.33. The summed E-state index contributed by atoms with van der Waals surface area (Å²) in [6, 6.07) is 5.63. The molecule has 8 heteroatoms. The van der Waals surface area contributed by atoms with Crippen LogP contribution in [-0.2, 0) is 9.53 Å². The number of ether oxygens (including phenoxy) is 1. The molecular weight excluding hydrogens is 385 g/mol.